The van der Waals surface area contributed by atoms with E-state index in [9.17, 15) is 0 Å². The number of hydrogen-bond donors (Lipinski definition) is 0. The summed E-state index contributed by atoms with van der Waals surface area (Å²) in [5.74, 6) is 0.795. The van der Waals surface area contributed by atoms with Crippen molar-refractivity contribution in [2.24, 2.45) is 0 Å². The van der Waals surface area contributed by atoms with E-state index in [0.29, 0.717) is 0 Å². The second-order valence-electron chi connectivity index (χ2n) is 5.53. The van der Waals surface area contributed by atoms with Crippen LogP contribution in [0.2, 0.25) is 0 Å². The number of thiophene rings is 1. The zero-order valence-corrected chi connectivity index (χ0v) is 15.0. The van der Waals surface area contributed by atoms with Crippen LogP contribution in [0.3, 0.4) is 0 Å². The van der Waals surface area contributed by atoms with Gasteiger partial charge in [-0.2, -0.15) is 0 Å². The van der Waals surface area contributed by atoms with Gasteiger partial charge in [0.25, 0.3) is 0 Å². The fourth-order valence-corrected chi connectivity index (χ4v) is 4.51. The van der Waals surface area contributed by atoms with E-state index in [0.717, 1.165) is 5.92 Å². The van der Waals surface area contributed by atoms with E-state index in [2.05, 4.69) is 41.2 Å². The molecular formula is C17H29BrS. The normalized spacial score (nSPS) is 11.4. The molecule has 0 radical (unpaired) electrons. The van der Waals surface area contributed by atoms with Crippen molar-refractivity contribution in [3.8, 4) is 0 Å². The van der Waals surface area contributed by atoms with E-state index in [4.69, 9.17) is 0 Å². The van der Waals surface area contributed by atoms with Crippen molar-refractivity contribution in [1.29, 1.82) is 0 Å². The molecule has 1 heterocycles. The van der Waals surface area contributed by atoms with Gasteiger partial charge in [-0.15, -0.1) is 11.3 Å². The van der Waals surface area contributed by atoms with Crippen LogP contribution in [-0.4, -0.2) is 0 Å². The maximum Gasteiger partial charge on any atom is 0.0317 e. The van der Waals surface area contributed by atoms with Gasteiger partial charge in [0, 0.05) is 9.35 Å². The van der Waals surface area contributed by atoms with E-state index >= 15 is 0 Å². The van der Waals surface area contributed by atoms with Crippen molar-refractivity contribution < 1.29 is 0 Å². The summed E-state index contributed by atoms with van der Waals surface area (Å²) < 4.78 is 1.34. The van der Waals surface area contributed by atoms with Crippen LogP contribution >= 0.6 is 27.3 Å². The van der Waals surface area contributed by atoms with Crippen molar-refractivity contribution in [2.45, 2.75) is 84.0 Å². The minimum Gasteiger partial charge on any atom is -0.147 e. The Morgan fingerprint density at radius 2 is 1.53 bits per heavy atom. The predicted molar refractivity (Wildman–Crippen MR) is 92.3 cm³/mol. The van der Waals surface area contributed by atoms with Crippen molar-refractivity contribution in [3.63, 3.8) is 0 Å². The van der Waals surface area contributed by atoms with Crippen LogP contribution < -0.4 is 0 Å². The Hall–Kier alpha value is 0.180. The van der Waals surface area contributed by atoms with Crippen molar-refractivity contribution in [3.05, 3.63) is 20.8 Å². The van der Waals surface area contributed by atoms with Gasteiger partial charge in [-0.1, -0.05) is 65.2 Å². The van der Waals surface area contributed by atoms with Gasteiger partial charge in [-0.3, -0.25) is 0 Å². The van der Waals surface area contributed by atoms with Gasteiger partial charge < -0.3 is 0 Å². The molecule has 0 atom stereocenters. The first-order valence-corrected chi connectivity index (χ1v) is 9.69. The lowest BCUT2D eigenvalue weighted by molar-refractivity contribution is 0.500. The van der Waals surface area contributed by atoms with Gasteiger partial charge in [-0.05, 0) is 46.1 Å². The van der Waals surface area contributed by atoms with E-state index in [1.165, 1.54) is 68.7 Å². The summed E-state index contributed by atoms with van der Waals surface area (Å²) in [4.78, 5) is 1.59. The Bertz CT molecular complexity index is 307. The average Bonchev–Trinajstić information content (AvgIpc) is 2.83. The summed E-state index contributed by atoms with van der Waals surface area (Å²) in [7, 11) is 0. The molecule has 0 amide bonds. The minimum atomic E-state index is 0.795. The SMILES string of the molecule is CCCCCCC(CCCCCC)c1sccc1Br. The number of rotatable bonds is 11. The van der Waals surface area contributed by atoms with Crippen molar-refractivity contribution in [2.75, 3.05) is 0 Å². The van der Waals surface area contributed by atoms with Crippen LogP contribution in [0.4, 0.5) is 0 Å². The Labute approximate surface area is 132 Å². The molecule has 1 aromatic rings. The third-order valence-corrected chi connectivity index (χ3v) is 5.86. The van der Waals surface area contributed by atoms with Gasteiger partial charge >= 0.3 is 0 Å². The van der Waals surface area contributed by atoms with Gasteiger partial charge in [0.05, 0.1) is 0 Å². The first-order chi connectivity index (χ1) is 9.29. The van der Waals surface area contributed by atoms with Gasteiger partial charge in [-0.25, -0.2) is 0 Å². The molecule has 19 heavy (non-hydrogen) atoms. The molecule has 0 nitrogen and oxygen atoms in total. The van der Waals surface area contributed by atoms with Gasteiger partial charge in [0.1, 0.15) is 0 Å². The zero-order chi connectivity index (χ0) is 13.9. The molecule has 0 aromatic carbocycles. The molecule has 0 N–H and O–H groups in total. The molecule has 0 spiro atoms. The molecule has 0 saturated carbocycles. The third kappa shape index (κ3) is 6.94. The highest BCUT2D eigenvalue weighted by molar-refractivity contribution is 9.10. The zero-order valence-electron chi connectivity index (χ0n) is 12.6. The van der Waals surface area contributed by atoms with E-state index < -0.39 is 0 Å². The molecule has 0 saturated heterocycles. The summed E-state index contributed by atoms with van der Waals surface area (Å²) >= 11 is 5.66. The molecular weight excluding hydrogens is 316 g/mol. The number of hydrogen-bond acceptors (Lipinski definition) is 1. The molecule has 110 valence electrons. The summed E-state index contributed by atoms with van der Waals surface area (Å²) in [6.45, 7) is 4.58. The maximum atomic E-state index is 3.72. The first kappa shape index (κ1) is 17.2. The second-order valence-corrected chi connectivity index (χ2v) is 7.33. The third-order valence-electron chi connectivity index (χ3n) is 3.83. The number of halogens is 1. The highest BCUT2D eigenvalue weighted by atomic mass is 79.9. The highest BCUT2D eigenvalue weighted by Gasteiger charge is 2.15. The Morgan fingerprint density at radius 3 is 1.95 bits per heavy atom. The van der Waals surface area contributed by atoms with Crippen molar-refractivity contribution in [1.82, 2.24) is 0 Å². The molecule has 2 heteroatoms. The van der Waals surface area contributed by atoms with Crippen LogP contribution in [0, 0.1) is 0 Å². The molecule has 0 aliphatic carbocycles. The molecule has 0 unspecified atom stereocenters. The maximum absolute atomic E-state index is 3.72. The molecule has 0 fully saturated rings. The Balaban J connectivity index is 2.41. The Morgan fingerprint density at radius 1 is 0.947 bits per heavy atom. The van der Waals surface area contributed by atoms with Crippen LogP contribution in [-0.2, 0) is 0 Å². The first-order valence-electron chi connectivity index (χ1n) is 8.02. The largest absolute Gasteiger partial charge is 0.147 e. The topological polar surface area (TPSA) is 0 Å². The Kier molecular flexibility index (Phi) is 9.89. The quantitative estimate of drug-likeness (QED) is 0.363. The van der Waals surface area contributed by atoms with Gasteiger partial charge in [0.2, 0.25) is 0 Å². The van der Waals surface area contributed by atoms with E-state index in [1.807, 2.05) is 11.3 Å². The fraction of sp³-hybridized carbons (Fsp3) is 0.765. The lowest BCUT2D eigenvalue weighted by Crippen LogP contribution is -1.98. The molecule has 1 aromatic heterocycles. The summed E-state index contributed by atoms with van der Waals surface area (Å²) in [6, 6.07) is 2.21. The van der Waals surface area contributed by atoms with E-state index in [1.54, 1.807) is 4.88 Å². The van der Waals surface area contributed by atoms with E-state index in [-0.39, 0.29) is 0 Å². The summed E-state index contributed by atoms with van der Waals surface area (Å²) in [6.07, 6.45) is 13.8. The molecule has 0 aliphatic heterocycles. The lowest BCUT2D eigenvalue weighted by Gasteiger charge is -2.16. The summed E-state index contributed by atoms with van der Waals surface area (Å²) in [5, 5.41) is 2.23. The monoisotopic (exact) mass is 344 g/mol. The molecule has 1 rings (SSSR count). The molecule has 0 bridgehead atoms. The van der Waals surface area contributed by atoms with Crippen LogP contribution in [0.5, 0.6) is 0 Å². The smallest absolute Gasteiger partial charge is 0.0317 e. The molecule has 0 aliphatic rings. The number of unbranched alkanes of at least 4 members (excludes halogenated alkanes) is 6. The minimum absolute atomic E-state index is 0.795. The standard InChI is InChI=1S/C17H29BrS/c1-3-5-7-9-11-15(12-10-8-6-4-2)17-16(18)13-14-19-17/h13-15H,3-12H2,1-2H3. The van der Waals surface area contributed by atoms with Crippen LogP contribution in [0.1, 0.15) is 88.9 Å². The summed E-state index contributed by atoms with van der Waals surface area (Å²) in [5.41, 5.74) is 0. The second kappa shape index (κ2) is 10.9. The van der Waals surface area contributed by atoms with Gasteiger partial charge in [0.15, 0.2) is 0 Å². The van der Waals surface area contributed by atoms with Crippen LogP contribution in [0.25, 0.3) is 0 Å². The predicted octanol–water partition coefficient (Wildman–Crippen LogP) is 7.54. The van der Waals surface area contributed by atoms with Crippen LogP contribution in [0.15, 0.2) is 15.9 Å². The van der Waals surface area contributed by atoms with Crippen molar-refractivity contribution >= 4 is 27.3 Å². The highest BCUT2D eigenvalue weighted by Crippen LogP contribution is 2.36. The fourth-order valence-electron chi connectivity index (χ4n) is 2.64. The lowest BCUT2D eigenvalue weighted by atomic mass is 9.93. The average molecular weight is 345 g/mol.